The van der Waals surface area contributed by atoms with Crippen molar-refractivity contribution in [2.24, 2.45) is 5.92 Å². The van der Waals surface area contributed by atoms with Crippen LogP contribution in [0.25, 0.3) is 0 Å². The van der Waals surface area contributed by atoms with Crippen LogP contribution in [0.5, 0.6) is 0 Å². The Balaban J connectivity index is 1.88. The summed E-state index contributed by atoms with van der Waals surface area (Å²) in [6, 6.07) is 2.16. The zero-order valence-electron chi connectivity index (χ0n) is 12.2. The average Bonchev–Trinajstić information content (AvgIpc) is 2.87. The number of unbranched alkanes of at least 4 members (excludes halogenated alkanes) is 8. The van der Waals surface area contributed by atoms with Crippen LogP contribution in [0.2, 0.25) is 0 Å². The molecule has 20 heavy (non-hydrogen) atoms. The molecule has 0 aromatic rings. The number of hydrogen-bond acceptors (Lipinski definition) is 4. The normalized spacial score (nSPS) is 17.8. The number of Topliss-reactive ketones (excluding diaryl/α,β-unsaturated/α-hetero) is 1. The molecule has 1 rings (SSSR count). The van der Waals surface area contributed by atoms with Crippen LogP contribution in [0.3, 0.4) is 0 Å². The second kappa shape index (κ2) is 10.4. The van der Waals surface area contributed by atoms with Gasteiger partial charge in [0.1, 0.15) is 11.7 Å². The Morgan fingerprint density at radius 3 is 2.25 bits per heavy atom. The van der Waals surface area contributed by atoms with E-state index < -0.39 is 5.92 Å². The van der Waals surface area contributed by atoms with Crippen molar-refractivity contribution >= 4 is 11.8 Å². The highest BCUT2D eigenvalue weighted by Gasteiger charge is 2.32. The minimum absolute atomic E-state index is 0.0593. The van der Waals surface area contributed by atoms with Crippen molar-refractivity contribution in [2.75, 3.05) is 6.61 Å². The van der Waals surface area contributed by atoms with E-state index in [1.54, 1.807) is 0 Å². The third-order valence-corrected chi connectivity index (χ3v) is 3.79. The van der Waals surface area contributed by atoms with E-state index in [1.807, 2.05) is 0 Å². The molecule has 0 radical (unpaired) electrons. The highest BCUT2D eigenvalue weighted by atomic mass is 16.5. The van der Waals surface area contributed by atoms with E-state index in [0.717, 1.165) is 32.1 Å². The molecule has 0 saturated carbocycles. The van der Waals surface area contributed by atoms with Crippen molar-refractivity contribution < 1.29 is 14.3 Å². The highest BCUT2D eigenvalue weighted by molar-refractivity contribution is 5.99. The molecular formula is C16H25NO3. The number of ether oxygens (including phenoxy) is 1. The van der Waals surface area contributed by atoms with E-state index in [4.69, 9.17) is 10.00 Å². The summed E-state index contributed by atoms with van der Waals surface area (Å²) in [5, 5.41) is 8.40. The summed E-state index contributed by atoms with van der Waals surface area (Å²) in [4.78, 5) is 23.0. The molecule has 1 atom stereocenters. The van der Waals surface area contributed by atoms with Gasteiger partial charge in [0, 0.05) is 19.3 Å². The summed E-state index contributed by atoms with van der Waals surface area (Å²) in [5.41, 5.74) is 0. The molecule has 4 nitrogen and oxygen atoms in total. The van der Waals surface area contributed by atoms with Crippen molar-refractivity contribution in [3.05, 3.63) is 0 Å². The number of carbonyl (C=O) groups excluding carboxylic acids is 2. The fraction of sp³-hybridized carbons (Fsp3) is 0.812. The highest BCUT2D eigenvalue weighted by Crippen LogP contribution is 2.19. The van der Waals surface area contributed by atoms with Gasteiger partial charge in [-0.2, -0.15) is 5.26 Å². The molecule has 1 heterocycles. The van der Waals surface area contributed by atoms with Gasteiger partial charge in [-0.25, -0.2) is 0 Å². The lowest BCUT2D eigenvalue weighted by Gasteiger charge is -2.04. The molecule has 0 N–H and O–H groups in total. The van der Waals surface area contributed by atoms with Crippen LogP contribution < -0.4 is 0 Å². The van der Waals surface area contributed by atoms with E-state index in [2.05, 4.69) is 6.07 Å². The van der Waals surface area contributed by atoms with Gasteiger partial charge in [-0.05, 0) is 12.8 Å². The Morgan fingerprint density at radius 1 is 1.10 bits per heavy atom. The lowest BCUT2D eigenvalue weighted by atomic mass is 9.97. The maximum absolute atomic E-state index is 11.8. The van der Waals surface area contributed by atoms with Crippen LogP contribution in [0, 0.1) is 17.2 Å². The van der Waals surface area contributed by atoms with Gasteiger partial charge in [0.05, 0.1) is 12.7 Å². The largest absolute Gasteiger partial charge is 0.465 e. The van der Waals surface area contributed by atoms with Crippen molar-refractivity contribution in [1.29, 1.82) is 5.26 Å². The van der Waals surface area contributed by atoms with Crippen LogP contribution in [0.1, 0.15) is 70.6 Å². The first-order valence-corrected chi connectivity index (χ1v) is 7.82. The van der Waals surface area contributed by atoms with Gasteiger partial charge < -0.3 is 4.74 Å². The molecule has 1 fully saturated rings. The van der Waals surface area contributed by atoms with Crippen molar-refractivity contribution in [2.45, 2.75) is 70.6 Å². The molecule has 0 bridgehead atoms. The van der Waals surface area contributed by atoms with Crippen LogP contribution in [-0.2, 0) is 14.3 Å². The Morgan fingerprint density at radius 2 is 1.70 bits per heavy atom. The van der Waals surface area contributed by atoms with E-state index in [1.165, 1.54) is 19.3 Å². The maximum atomic E-state index is 11.8. The van der Waals surface area contributed by atoms with Gasteiger partial charge in [0.2, 0.25) is 0 Å². The van der Waals surface area contributed by atoms with Crippen molar-refractivity contribution in [3.63, 3.8) is 0 Å². The van der Waals surface area contributed by atoms with Crippen LogP contribution >= 0.6 is 0 Å². The van der Waals surface area contributed by atoms with Crippen LogP contribution in [0.15, 0.2) is 0 Å². The summed E-state index contributed by atoms with van der Waals surface area (Å²) in [6.45, 7) is 0.404. The Kier molecular flexibility index (Phi) is 8.69. The van der Waals surface area contributed by atoms with Gasteiger partial charge in [-0.15, -0.1) is 0 Å². The molecule has 1 aliphatic rings. The van der Waals surface area contributed by atoms with Crippen molar-refractivity contribution in [3.8, 4) is 6.07 Å². The fourth-order valence-electron chi connectivity index (χ4n) is 2.53. The smallest absolute Gasteiger partial charge is 0.316 e. The first-order valence-electron chi connectivity index (χ1n) is 7.82. The average molecular weight is 279 g/mol. The first kappa shape index (κ1) is 16.7. The standard InChI is InChI=1S/C16H25NO3/c17-12-9-7-5-3-1-2-4-6-8-10-15(18)14-11-13-20-16(14)19/h14H,1-11,13H2. The number of esters is 1. The second-order valence-electron chi connectivity index (χ2n) is 5.46. The van der Waals surface area contributed by atoms with Crippen molar-refractivity contribution in [1.82, 2.24) is 0 Å². The van der Waals surface area contributed by atoms with E-state index >= 15 is 0 Å². The first-order chi connectivity index (χ1) is 9.75. The quantitative estimate of drug-likeness (QED) is 0.329. The summed E-state index contributed by atoms with van der Waals surface area (Å²) in [6.07, 6.45) is 10.6. The number of hydrogen-bond donors (Lipinski definition) is 0. The molecule has 0 aliphatic carbocycles. The zero-order valence-corrected chi connectivity index (χ0v) is 12.2. The van der Waals surface area contributed by atoms with E-state index in [9.17, 15) is 9.59 Å². The fourth-order valence-corrected chi connectivity index (χ4v) is 2.53. The zero-order chi connectivity index (χ0) is 14.6. The predicted octanol–water partition coefficient (Wildman–Crippen LogP) is 3.54. The minimum atomic E-state index is -0.477. The lowest BCUT2D eigenvalue weighted by molar-refractivity contribution is -0.144. The van der Waals surface area contributed by atoms with Gasteiger partial charge in [0.15, 0.2) is 0 Å². The summed E-state index contributed by atoms with van der Waals surface area (Å²) in [7, 11) is 0. The number of nitriles is 1. The molecule has 0 amide bonds. The van der Waals surface area contributed by atoms with Crippen LogP contribution in [-0.4, -0.2) is 18.4 Å². The number of rotatable bonds is 11. The second-order valence-corrected chi connectivity index (χ2v) is 5.46. The topological polar surface area (TPSA) is 67.2 Å². The number of ketones is 1. The SMILES string of the molecule is N#CCCCCCCCCCCC(=O)C1CCOC1=O. The number of nitrogens with zero attached hydrogens (tertiary/aromatic N) is 1. The summed E-state index contributed by atoms with van der Waals surface area (Å²) in [5.74, 6) is -0.744. The molecule has 0 spiro atoms. The predicted molar refractivity (Wildman–Crippen MR) is 75.9 cm³/mol. The Labute approximate surface area is 121 Å². The molecule has 1 aliphatic heterocycles. The van der Waals surface area contributed by atoms with E-state index in [0.29, 0.717) is 25.9 Å². The monoisotopic (exact) mass is 279 g/mol. The number of cyclic esters (lactones) is 1. The Bertz CT molecular complexity index is 346. The molecular weight excluding hydrogens is 254 g/mol. The number of carbonyl (C=O) groups is 2. The van der Waals surface area contributed by atoms with Gasteiger partial charge in [-0.3, -0.25) is 9.59 Å². The molecule has 0 aromatic carbocycles. The lowest BCUT2D eigenvalue weighted by Crippen LogP contribution is -2.18. The summed E-state index contributed by atoms with van der Waals surface area (Å²) < 4.78 is 4.81. The Hall–Kier alpha value is -1.37. The third-order valence-electron chi connectivity index (χ3n) is 3.79. The van der Waals surface area contributed by atoms with E-state index in [-0.39, 0.29) is 11.8 Å². The molecule has 1 unspecified atom stereocenters. The summed E-state index contributed by atoms with van der Waals surface area (Å²) >= 11 is 0. The molecule has 112 valence electrons. The van der Waals surface area contributed by atoms with Gasteiger partial charge in [0.25, 0.3) is 0 Å². The van der Waals surface area contributed by atoms with Crippen LogP contribution in [0.4, 0.5) is 0 Å². The maximum Gasteiger partial charge on any atom is 0.316 e. The molecule has 4 heteroatoms. The molecule has 1 saturated heterocycles. The third kappa shape index (κ3) is 6.70. The minimum Gasteiger partial charge on any atom is -0.465 e. The van der Waals surface area contributed by atoms with Gasteiger partial charge >= 0.3 is 5.97 Å². The van der Waals surface area contributed by atoms with Gasteiger partial charge in [-0.1, -0.05) is 38.5 Å². The molecule has 0 aromatic heterocycles.